The van der Waals surface area contributed by atoms with E-state index in [1.165, 1.54) is 5.69 Å². The van der Waals surface area contributed by atoms with E-state index in [1.807, 2.05) is 27.8 Å². The number of para-hydroxylation sites is 1. The summed E-state index contributed by atoms with van der Waals surface area (Å²) in [4.78, 5) is 17.2. The van der Waals surface area contributed by atoms with Crippen LogP contribution in [0, 0.1) is 0 Å². The molecule has 1 aromatic carbocycles. The summed E-state index contributed by atoms with van der Waals surface area (Å²) in [7, 11) is 2.10. The first-order chi connectivity index (χ1) is 11.2. The molecule has 0 radical (unpaired) electrons. The molecule has 0 N–H and O–H groups in total. The fourth-order valence-corrected chi connectivity index (χ4v) is 3.55. The van der Waals surface area contributed by atoms with E-state index >= 15 is 0 Å². The number of likely N-dealkylation sites (N-methyl/N-ethyl adjacent to an activating group) is 1. The van der Waals surface area contributed by atoms with E-state index in [9.17, 15) is 4.79 Å². The maximum absolute atomic E-state index is 12.9. The minimum absolute atomic E-state index is 0.103. The van der Waals surface area contributed by atoms with E-state index in [2.05, 4.69) is 24.1 Å². The molecular weight excluding hydrogens is 288 g/mol. The highest BCUT2D eigenvalue weighted by Crippen LogP contribution is 2.28. The minimum Gasteiger partial charge on any atom is -0.335 e. The van der Waals surface area contributed by atoms with Gasteiger partial charge in [-0.15, -0.1) is 0 Å². The van der Waals surface area contributed by atoms with Crippen molar-refractivity contribution < 1.29 is 4.79 Å². The van der Waals surface area contributed by atoms with E-state index in [0.29, 0.717) is 5.69 Å². The van der Waals surface area contributed by atoms with Crippen LogP contribution in [-0.2, 0) is 12.8 Å². The summed E-state index contributed by atoms with van der Waals surface area (Å²) < 4.78 is 1.98. The monoisotopic (exact) mass is 310 g/mol. The van der Waals surface area contributed by atoms with Crippen molar-refractivity contribution in [1.82, 2.24) is 19.6 Å². The highest BCUT2D eigenvalue weighted by Gasteiger charge is 2.30. The average molecular weight is 310 g/mol. The zero-order chi connectivity index (χ0) is 15.8. The van der Waals surface area contributed by atoms with Crippen LogP contribution in [0.2, 0.25) is 0 Å². The fourth-order valence-electron chi connectivity index (χ4n) is 3.55. The highest BCUT2D eigenvalue weighted by molar-refractivity contribution is 5.94. The second-order valence-electron chi connectivity index (χ2n) is 6.47. The van der Waals surface area contributed by atoms with Gasteiger partial charge in [0.2, 0.25) is 0 Å². The first-order valence-corrected chi connectivity index (χ1v) is 8.38. The van der Waals surface area contributed by atoms with E-state index < -0.39 is 0 Å². The van der Waals surface area contributed by atoms with Crippen LogP contribution >= 0.6 is 0 Å². The molecule has 120 valence electrons. The second-order valence-corrected chi connectivity index (χ2v) is 6.47. The lowest BCUT2D eigenvalue weighted by molar-refractivity contribution is 0.0656. The van der Waals surface area contributed by atoms with Crippen LogP contribution in [-0.4, -0.2) is 58.7 Å². The maximum atomic E-state index is 12.9. The summed E-state index contributed by atoms with van der Waals surface area (Å²) >= 11 is 0. The van der Waals surface area contributed by atoms with Gasteiger partial charge in [0.1, 0.15) is 0 Å². The Labute approximate surface area is 136 Å². The Balaban J connectivity index is 1.68. The standard InChI is InChI=1S/C18H22N4O/c1-20-10-12-21(13-11-20)18(23)17-15-8-5-9-16(15)22(19-17)14-6-3-2-4-7-14/h2-4,6-7H,5,8-13H2,1H3. The lowest BCUT2D eigenvalue weighted by Gasteiger charge is -2.32. The Morgan fingerprint density at radius 1 is 1.04 bits per heavy atom. The minimum atomic E-state index is 0.103. The molecule has 1 amide bonds. The number of rotatable bonds is 2. The molecule has 1 aliphatic carbocycles. The summed E-state index contributed by atoms with van der Waals surface area (Å²) in [6, 6.07) is 10.1. The Kier molecular flexibility index (Phi) is 3.65. The van der Waals surface area contributed by atoms with Crippen LogP contribution in [0.1, 0.15) is 28.2 Å². The molecule has 1 fully saturated rings. The molecule has 2 aromatic rings. The van der Waals surface area contributed by atoms with E-state index in [0.717, 1.165) is 56.7 Å². The number of benzene rings is 1. The number of carbonyl (C=O) groups is 1. The first kappa shape index (κ1) is 14.5. The normalized spacial score (nSPS) is 18.2. The van der Waals surface area contributed by atoms with Gasteiger partial charge in [-0.1, -0.05) is 18.2 Å². The van der Waals surface area contributed by atoms with Crippen LogP contribution in [0.3, 0.4) is 0 Å². The van der Waals surface area contributed by atoms with Crippen molar-refractivity contribution >= 4 is 5.91 Å². The lowest BCUT2D eigenvalue weighted by atomic mass is 10.1. The SMILES string of the molecule is CN1CCN(C(=O)c2nn(-c3ccccc3)c3c2CCC3)CC1. The maximum Gasteiger partial charge on any atom is 0.274 e. The van der Waals surface area contributed by atoms with Crippen molar-refractivity contribution in [2.24, 2.45) is 0 Å². The molecule has 5 heteroatoms. The third-order valence-electron chi connectivity index (χ3n) is 4.92. The van der Waals surface area contributed by atoms with Crippen molar-refractivity contribution in [1.29, 1.82) is 0 Å². The van der Waals surface area contributed by atoms with E-state index in [4.69, 9.17) is 5.10 Å². The predicted octanol–water partition coefficient (Wildman–Crippen LogP) is 1.75. The Hall–Kier alpha value is -2.14. The van der Waals surface area contributed by atoms with Crippen molar-refractivity contribution in [3.8, 4) is 5.69 Å². The molecule has 1 aromatic heterocycles. The van der Waals surface area contributed by atoms with Crippen molar-refractivity contribution in [2.45, 2.75) is 19.3 Å². The van der Waals surface area contributed by atoms with Gasteiger partial charge in [0, 0.05) is 37.4 Å². The molecule has 0 bridgehead atoms. The zero-order valence-electron chi connectivity index (χ0n) is 13.5. The van der Waals surface area contributed by atoms with Crippen LogP contribution in [0.5, 0.6) is 0 Å². The Morgan fingerprint density at radius 3 is 2.52 bits per heavy atom. The van der Waals surface area contributed by atoms with Gasteiger partial charge >= 0.3 is 0 Å². The topological polar surface area (TPSA) is 41.4 Å². The number of aromatic nitrogens is 2. The van der Waals surface area contributed by atoms with Gasteiger partial charge in [0.05, 0.1) is 5.69 Å². The van der Waals surface area contributed by atoms with Crippen LogP contribution in [0.25, 0.3) is 5.69 Å². The quantitative estimate of drug-likeness (QED) is 0.848. The molecule has 23 heavy (non-hydrogen) atoms. The van der Waals surface area contributed by atoms with Gasteiger partial charge in [-0.3, -0.25) is 4.79 Å². The number of carbonyl (C=O) groups excluding carboxylic acids is 1. The van der Waals surface area contributed by atoms with Gasteiger partial charge in [-0.2, -0.15) is 5.10 Å². The first-order valence-electron chi connectivity index (χ1n) is 8.38. The predicted molar refractivity (Wildman–Crippen MR) is 89.0 cm³/mol. The van der Waals surface area contributed by atoms with Crippen molar-refractivity contribution in [3.63, 3.8) is 0 Å². The Bertz CT molecular complexity index is 714. The third kappa shape index (κ3) is 2.55. The fraction of sp³-hybridized carbons (Fsp3) is 0.444. The summed E-state index contributed by atoms with van der Waals surface area (Å²) in [6.45, 7) is 3.46. The van der Waals surface area contributed by atoms with E-state index in [-0.39, 0.29) is 5.91 Å². The summed E-state index contributed by atoms with van der Waals surface area (Å²) in [6.07, 6.45) is 3.09. The van der Waals surface area contributed by atoms with Crippen LogP contribution in [0.15, 0.2) is 30.3 Å². The van der Waals surface area contributed by atoms with Gasteiger partial charge in [-0.25, -0.2) is 4.68 Å². The number of fused-ring (bicyclic) bond motifs is 1. The van der Waals surface area contributed by atoms with Crippen LogP contribution in [0.4, 0.5) is 0 Å². The highest BCUT2D eigenvalue weighted by atomic mass is 16.2. The molecule has 0 spiro atoms. The van der Waals surface area contributed by atoms with E-state index in [1.54, 1.807) is 0 Å². The average Bonchev–Trinajstić information content (AvgIpc) is 3.18. The largest absolute Gasteiger partial charge is 0.335 e. The number of piperazine rings is 1. The van der Waals surface area contributed by atoms with Gasteiger partial charge in [0.25, 0.3) is 5.91 Å². The van der Waals surface area contributed by atoms with Crippen LogP contribution < -0.4 is 0 Å². The molecular formula is C18H22N4O. The molecule has 0 saturated carbocycles. The molecule has 1 aliphatic heterocycles. The number of hydrogen-bond acceptors (Lipinski definition) is 3. The number of nitrogens with zero attached hydrogens (tertiary/aromatic N) is 4. The molecule has 2 aliphatic rings. The lowest BCUT2D eigenvalue weighted by Crippen LogP contribution is -2.47. The third-order valence-corrected chi connectivity index (χ3v) is 4.92. The summed E-state index contributed by atoms with van der Waals surface area (Å²) in [5.41, 5.74) is 4.10. The molecule has 4 rings (SSSR count). The molecule has 0 unspecified atom stereocenters. The number of amides is 1. The number of hydrogen-bond donors (Lipinski definition) is 0. The van der Waals surface area contributed by atoms with Gasteiger partial charge in [-0.05, 0) is 38.4 Å². The second kappa shape index (κ2) is 5.81. The van der Waals surface area contributed by atoms with Crippen molar-refractivity contribution in [3.05, 3.63) is 47.3 Å². The summed E-state index contributed by atoms with van der Waals surface area (Å²) in [5.74, 6) is 0.103. The Morgan fingerprint density at radius 2 is 1.78 bits per heavy atom. The molecule has 5 nitrogen and oxygen atoms in total. The molecule has 2 heterocycles. The van der Waals surface area contributed by atoms with Gasteiger partial charge in [0.15, 0.2) is 5.69 Å². The molecule has 0 atom stereocenters. The van der Waals surface area contributed by atoms with Crippen molar-refractivity contribution in [2.75, 3.05) is 33.2 Å². The smallest absolute Gasteiger partial charge is 0.274 e. The molecule has 1 saturated heterocycles. The van der Waals surface area contributed by atoms with Gasteiger partial charge < -0.3 is 9.80 Å². The summed E-state index contributed by atoms with van der Waals surface area (Å²) in [5, 5.41) is 4.71. The zero-order valence-corrected chi connectivity index (χ0v) is 13.5.